The van der Waals surface area contributed by atoms with E-state index in [4.69, 9.17) is 0 Å². The van der Waals surface area contributed by atoms with Crippen LogP contribution in [0.1, 0.15) is 0 Å². The van der Waals surface area contributed by atoms with Gasteiger partial charge in [0.25, 0.3) is 0 Å². The summed E-state index contributed by atoms with van der Waals surface area (Å²) in [6, 6.07) is 71.1. The lowest BCUT2D eigenvalue weighted by molar-refractivity contribution is 0.478. The van der Waals surface area contributed by atoms with Crippen LogP contribution in [0.2, 0.25) is 0 Å². The minimum absolute atomic E-state index is 0. The molecule has 3 nitrogen and oxygen atoms in total. The van der Waals surface area contributed by atoms with Crippen LogP contribution in [0.3, 0.4) is 0 Å². The van der Waals surface area contributed by atoms with Gasteiger partial charge < -0.3 is 15.3 Å². The summed E-state index contributed by atoms with van der Waals surface area (Å²) < 4.78 is 2.86. The molecule has 3 N–H and O–H groups in total. The standard InChI is InChI=1S/3C18H13BrO.Al/c3*19-15-11-16(13-7-3-1-4-8-13)18(20)17(12-15)14-9-5-2-6-10-14;/h3*1-12,20H;. The quantitative estimate of drug-likeness (QED) is 0.146. The molecular weight excluding hydrogens is 963 g/mol. The van der Waals surface area contributed by atoms with E-state index in [1.807, 2.05) is 218 Å². The van der Waals surface area contributed by atoms with E-state index in [-0.39, 0.29) is 17.4 Å². The highest BCUT2D eigenvalue weighted by molar-refractivity contribution is 9.11. The molecular formula is C54H39AlBr3O3. The summed E-state index contributed by atoms with van der Waals surface area (Å²) in [7, 11) is 0. The summed E-state index contributed by atoms with van der Waals surface area (Å²) in [5.74, 6) is 0.932. The summed E-state index contributed by atoms with van der Waals surface area (Å²) in [5, 5.41) is 31.8. The van der Waals surface area contributed by atoms with Crippen LogP contribution in [0.25, 0.3) is 66.8 Å². The minimum Gasteiger partial charge on any atom is -0.507 e. The molecule has 9 aromatic rings. The van der Waals surface area contributed by atoms with E-state index in [0.29, 0.717) is 17.2 Å². The minimum atomic E-state index is 0. The van der Waals surface area contributed by atoms with Crippen molar-refractivity contribution < 1.29 is 15.3 Å². The molecule has 3 radical (unpaired) electrons. The first kappa shape index (κ1) is 44.9. The Morgan fingerprint density at radius 2 is 0.361 bits per heavy atom. The van der Waals surface area contributed by atoms with Gasteiger partial charge in [-0.15, -0.1) is 0 Å². The van der Waals surface area contributed by atoms with Crippen molar-refractivity contribution in [3.05, 3.63) is 232 Å². The fraction of sp³-hybridized carbons (Fsp3) is 0. The van der Waals surface area contributed by atoms with E-state index in [2.05, 4.69) is 47.8 Å². The van der Waals surface area contributed by atoms with E-state index in [1.54, 1.807) is 0 Å². The summed E-state index contributed by atoms with van der Waals surface area (Å²) in [6.07, 6.45) is 0. The molecule has 0 unspecified atom stereocenters. The van der Waals surface area contributed by atoms with Gasteiger partial charge in [0.05, 0.1) is 0 Å². The Morgan fingerprint density at radius 1 is 0.230 bits per heavy atom. The van der Waals surface area contributed by atoms with Gasteiger partial charge in [-0.05, 0) is 69.8 Å². The summed E-state index contributed by atoms with van der Waals surface area (Å²) >= 11 is 10.6. The molecule has 0 aliphatic heterocycles. The van der Waals surface area contributed by atoms with Crippen LogP contribution in [0.4, 0.5) is 0 Å². The molecule has 0 fully saturated rings. The highest BCUT2D eigenvalue weighted by atomic mass is 79.9. The first-order chi connectivity index (χ1) is 29.3. The molecule has 9 aromatic carbocycles. The molecule has 0 amide bonds. The third-order valence-electron chi connectivity index (χ3n) is 9.73. The average molecular weight is 1000 g/mol. The number of phenols is 3. The molecule has 0 spiro atoms. The lowest BCUT2D eigenvalue weighted by Gasteiger charge is -2.11. The molecule has 297 valence electrons. The lowest BCUT2D eigenvalue weighted by Crippen LogP contribution is -1.85. The predicted octanol–water partition coefficient (Wildman–Crippen LogP) is 16.1. The number of hydrogen-bond donors (Lipinski definition) is 3. The third-order valence-corrected chi connectivity index (χ3v) is 11.1. The molecule has 0 saturated heterocycles. The lowest BCUT2D eigenvalue weighted by atomic mass is 9.97. The maximum atomic E-state index is 10.6. The molecule has 7 heteroatoms. The average Bonchev–Trinajstić information content (AvgIpc) is 3.30. The summed E-state index contributed by atoms with van der Waals surface area (Å²) in [6.45, 7) is 0. The highest BCUT2D eigenvalue weighted by Gasteiger charge is 2.15. The van der Waals surface area contributed by atoms with Gasteiger partial charge in [-0.3, -0.25) is 0 Å². The molecule has 0 atom stereocenters. The van der Waals surface area contributed by atoms with Gasteiger partial charge in [-0.2, -0.15) is 0 Å². The van der Waals surface area contributed by atoms with Gasteiger partial charge >= 0.3 is 0 Å². The Kier molecular flexibility index (Phi) is 16.0. The van der Waals surface area contributed by atoms with Gasteiger partial charge in [0.15, 0.2) is 0 Å². The van der Waals surface area contributed by atoms with Crippen molar-refractivity contribution in [2.75, 3.05) is 0 Å². The van der Waals surface area contributed by atoms with E-state index < -0.39 is 0 Å². The zero-order valence-corrected chi connectivity index (χ0v) is 38.8. The van der Waals surface area contributed by atoms with Crippen molar-refractivity contribution in [3.8, 4) is 84.0 Å². The Balaban J connectivity index is 0.000000152. The number of benzene rings is 9. The van der Waals surface area contributed by atoms with Crippen molar-refractivity contribution in [1.82, 2.24) is 0 Å². The monoisotopic (exact) mass is 999 g/mol. The highest BCUT2D eigenvalue weighted by Crippen LogP contribution is 2.43. The van der Waals surface area contributed by atoms with Gasteiger partial charge in [-0.1, -0.05) is 230 Å². The van der Waals surface area contributed by atoms with Crippen LogP contribution in [-0.2, 0) is 0 Å². The number of hydrogen-bond acceptors (Lipinski definition) is 3. The second kappa shape index (κ2) is 21.7. The van der Waals surface area contributed by atoms with Gasteiger partial charge in [-0.25, -0.2) is 0 Å². The predicted molar refractivity (Wildman–Crippen MR) is 266 cm³/mol. The summed E-state index contributed by atoms with van der Waals surface area (Å²) in [5.41, 5.74) is 11.0. The maximum absolute atomic E-state index is 10.6. The number of halogens is 3. The topological polar surface area (TPSA) is 60.7 Å². The number of phenolic OH excluding ortho intramolecular Hbond substituents is 3. The van der Waals surface area contributed by atoms with Crippen LogP contribution in [0, 0.1) is 0 Å². The maximum Gasteiger partial charge on any atom is 0.131 e. The second-order valence-electron chi connectivity index (χ2n) is 13.7. The van der Waals surface area contributed by atoms with Crippen molar-refractivity contribution in [3.63, 3.8) is 0 Å². The Morgan fingerprint density at radius 3 is 0.492 bits per heavy atom. The van der Waals surface area contributed by atoms with Gasteiger partial charge in [0.1, 0.15) is 17.2 Å². The zero-order chi connectivity index (χ0) is 41.8. The molecule has 61 heavy (non-hydrogen) atoms. The van der Waals surface area contributed by atoms with Gasteiger partial charge in [0.2, 0.25) is 0 Å². The largest absolute Gasteiger partial charge is 0.507 e. The van der Waals surface area contributed by atoms with Crippen LogP contribution < -0.4 is 0 Å². The van der Waals surface area contributed by atoms with Crippen LogP contribution >= 0.6 is 47.8 Å². The van der Waals surface area contributed by atoms with Crippen molar-refractivity contribution in [2.45, 2.75) is 0 Å². The SMILES string of the molecule is Oc1c(-c2ccccc2)cc(Br)cc1-c1ccccc1.Oc1c(-c2ccccc2)cc(Br)cc1-c1ccccc1.Oc1c(-c2ccccc2)cc(Br)cc1-c1ccccc1.[Al]. The molecule has 0 aliphatic rings. The molecule has 0 bridgehead atoms. The fourth-order valence-corrected chi connectivity index (χ4v) is 8.20. The summed E-state index contributed by atoms with van der Waals surface area (Å²) in [4.78, 5) is 0. The van der Waals surface area contributed by atoms with E-state index in [1.165, 1.54) is 0 Å². The molecule has 9 rings (SSSR count). The first-order valence-electron chi connectivity index (χ1n) is 19.2. The van der Waals surface area contributed by atoms with Crippen molar-refractivity contribution >= 4 is 65.2 Å². The fourth-order valence-electron chi connectivity index (χ4n) is 6.82. The molecule has 0 aromatic heterocycles. The third kappa shape index (κ3) is 11.4. The van der Waals surface area contributed by atoms with E-state index in [9.17, 15) is 15.3 Å². The van der Waals surface area contributed by atoms with Crippen molar-refractivity contribution in [1.29, 1.82) is 0 Å². The number of rotatable bonds is 6. The molecule has 0 aliphatic carbocycles. The van der Waals surface area contributed by atoms with Crippen LogP contribution in [0.15, 0.2) is 232 Å². The van der Waals surface area contributed by atoms with Crippen molar-refractivity contribution in [2.24, 2.45) is 0 Å². The number of aromatic hydroxyl groups is 3. The van der Waals surface area contributed by atoms with Gasteiger partial charge in [0, 0.05) is 64.2 Å². The smallest absolute Gasteiger partial charge is 0.131 e. The Hall–Kier alpha value is -5.65. The van der Waals surface area contributed by atoms with Crippen LogP contribution in [-0.4, -0.2) is 32.7 Å². The molecule has 0 heterocycles. The Labute approximate surface area is 393 Å². The van der Waals surface area contributed by atoms with Crippen LogP contribution in [0.5, 0.6) is 17.2 Å². The molecule has 0 saturated carbocycles. The second-order valence-corrected chi connectivity index (χ2v) is 16.5. The Bertz CT molecular complexity index is 2300. The van der Waals surface area contributed by atoms with E-state index >= 15 is 0 Å². The first-order valence-corrected chi connectivity index (χ1v) is 21.5. The van der Waals surface area contributed by atoms with E-state index in [0.717, 1.165) is 80.2 Å². The normalized spacial score (nSPS) is 10.3. The zero-order valence-electron chi connectivity index (χ0n) is 32.8.